The van der Waals surface area contributed by atoms with Crippen LogP contribution >= 0.6 is 0 Å². The summed E-state index contributed by atoms with van der Waals surface area (Å²) in [7, 11) is 3.79. The van der Waals surface area contributed by atoms with Gasteiger partial charge in [-0.25, -0.2) is 9.97 Å². The quantitative estimate of drug-likeness (QED) is 0.888. The first-order chi connectivity index (χ1) is 8.79. The van der Waals surface area contributed by atoms with Crippen molar-refractivity contribution < 1.29 is 4.74 Å². The van der Waals surface area contributed by atoms with Crippen LogP contribution in [0.4, 0.5) is 0 Å². The summed E-state index contributed by atoms with van der Waals surface area (Å²) in [4.78, 5) is 9.38. The van der Waals surface area contributed by atoms with Crippen LogP contribution in [-0.4, -0.2) is 24.1 Å². The second-order valence-corrected chi connectivity index (χ2v) is 5.38. The lowest BCUT2D eigenvalue weighted by Crippen LogP contribution is -2.38. The van der Waals surface area contributed by atoms with Gasteiger partial charge in [0, 0.05) is 30.6 Å². The largest absolute Gasteiger partial charge is 0.370 e. The molecule has 0 saturated heterocycles. The Balaban J connectivity index is 1.95. The Bertz CT molecular complexity index is 437. The van der Waals surface area contributed by atoms with Crippen molar-refractivity contribution in [3.05, 3.63) is 23.3 Å². The molecule has 0 amide bonds. The molecule has 1 aromatic heterocycles. The summed E-state index contributed by atoms with van der Waals surface area (Å²) in [5, 5.41) is 3.35. The molecule has 1 heterocycles. The van der Waals surface area contributed by atoms with E-state index in [1.807, 2.05) is 13.2 Å². The van der Waals surface area contributed by atoms with E-state index in [1.54, 1.807) is 7.11 Å². The fourth-order valence-corrected chi connectivity index (χ4v) is 3.08. The first kappa shape index (κ1) is 12.1. The maximum absolute atomic E-state index is 5.66. The molecule has 1 aromatic rings. The number of aromatic nitrogens is 2. The predicted molar refractivity (Wildman–Crippen MR) is 69.3 cm³/mol. The van der Waals surface area contributed by atoms with Gasteiger partial charge in [0.05, 0.1) is 0 Å². The molecular formula is C14H21N3O. The van der Waals surface area contributed by atoms with Crippen molar-refractivity contribution in [2.24, 2.45) is 0 Å². The van der Waals surface area contributed by atoms with Crippen LogP contribution in [0.5, 0.6) is 0 Å². The van der Waals surface area contributed by atoms with E-state index in [2.05, 4.69) is 10.3 Å². The van der Waals surface area contributed by atoms with Crippen molar-refractivity contribution in [3.8, 4) is 0 Å². The molecule has 18 heavy (non-hydrogen) atoms. The highest BCUT2D eigenvalue weighted by Gasteiger charge is 2.42. The molecule has 1 N–H and O–H groups in total. The molecule has 98 valence electrons. The molecule has 1 unspecified atom stereocenters. The first-order valence-electron chi connectivity index (χ1n) is 6.88. The van der Waals surface area contributed by atoms with Crippen LogP contribution in [0.1, 0.15) is 55.2 Å². The average molecular weight is 247 g/mol. The van der Waals surface area contributed by atoms with Gasteiger partial charge >= 0.3 is 0 Å². The van der Waals surface area contributed by atoms with Gasteiger partial charge in [0.25, 0.3) is 0 Å². The highest BCUT2D eigenvalue weighted by molar-refractivity contribution is 5.26. The van der Waals surface area contributed by atoms with E-state index >= 15 is 0 Å². The van der Waals surface area contributed by atoms with E-state index in [1.165, 1.54) is 30.5 Å². The zero-order chi connectivity index (χ0) is 12.6. The highest BCUT2D eigenvalue weighted by atomic mass is 16.5. The van der Waals surface area contributed by atoms with Gasteiger partial charge < -0.3 is 10.1 Å². The fraction of sp³-hybridized carbons (Fsp3) is 0.714. The molecule has 2 aliphatic carbocycles. The Morgan fingerprint density at radius 3 is 2.83 bits per heavy atom. The molecule has 4 nitrogen and oxygen atoms in total. The maximum Gasteiger partial charge on any atom is 0.160 e. The Hall–Kier alpha value is -1.00. The Labute approximate surface area is 108 Å². The summed E-state index contributed by atoms with van der Waals surface area (Å²) >= 11 is 0. The summed E-state index contributed by atoms with van der Waals surface area (Å²) in [5.74, 6) is 0.895. The molecule has 4 heteroatoms. The predicted octanol–water partition coefficient (Wildman–Crippen LogP) is 2.10. The van der Waals surface area contributed by atoms with Crippen LogP contribution in [0.25, 0.3) is 0 Å². The van der Waals surface area contributed by atoms with Crippen LogP contribution in [0.15, 0.2) is 6.20 Å². The molecule has 0 aliphatic heterocycles. The molecule has 2 aliphatic rings. The van der Waals surface area contributed by atoms with Gasteiger partial charge in [-0.05, 0) is 45.6 Å². The topological polar surface area (TPSA) is 47.0 Å². The standard InChI is InChI=1S/C14H21N3O/c1-15-11-5-3-6-12-10(11)9-16-13(17-12)14(18-2)7-4-8-14/h9,11,15H,3-8H2,1-2H3. The second kappa shape index (κ2) is 4.59. The first-order valence-corrected chi connectivity index (χ1v) is 6.88. The van der Waals surface area contributed by atoms with Crippen molar-refractivity contribution in [2.75, 3.05) is 14.2 Å². The van der Waals surface area contributed by atoms with E-state index in [-0.39, 0.29) is 5.60 Å². The van der Waals surface area contributed by atoms with Gasteiger partial charge in [-0.15, -0.1) is 0 Å². The van der Waals surface area contributed by atoms with Crippen LogP contribution in [-0.2, 0) is 16.8 Å². The summed E-state index contributed by atoms with van der Waals surface area (Å²) < 4.78 is 5.66. The van der Waals surface area contributed by atoms with Gasteiger partial charge in [0.1, 0.15) is 5.60 Å². The fourth-order valence-electron chi connectivity index (χ4n) is 3.08. The number of hydrogen-bond acceptors (Lipinski definition) is 4. The number of nitrogens with zero attached hydrogens (tertiary/aromatic N) is 2. The molecular weight excluding hydrogens is 226 g/mol. The SMILES string of the molecule is CNC1CCCc2nc(C3(OC)CCC3)ncc21. The summed E-state index contributed by atoms with van der Waals surface area (Å²) in [6.07, 6.45) is 8.79. The number of aryl methyl sites for hydroxylation is 1. The van der Waals surface area contributed by atoms with Crippen molar-refractivity contribution >= 4 is 0 Å². The lowest BCUT2D eigenvalue weighted by molar-refractivity contribution is -0.0848. The number of ether oxygens (including phenoxy) is 1. The van der Waals surface area contributed by atoms with Crippen molar-refractivity contribution in [1.82, 2.24) is 15.3 Å². The second-order valence-electron chi connectivity index (χ2n) is 5.38. The third-order valence-corrected chi connectivity index (χ3v) is 4.49. The lowest BCUT2D eigenvalue weighted by Gasteiger charge is -2.39. The van der Waals surface area contributed by atoms with Gasteiger partial charge in [-0.2, -0.15) is 0 Å². The highest BCUT2D eigenvalue weighted by Crippen LogP contribution is 2.43. The molecule has 1 atom stereocenters. The number of methoxy groups -OCH3 is 1. The number of fused-ring (bicyclic) bond motifs is 1. The molecule has 0 aromatic carbocycles. The van der Waals surface area contributed by atoms with Gasteiger partial charge in [-0.1, -0.05) is 0 Å². The lowest BCUT2D eigenvalue weighted by atomic mass is 9.79. The molecule has 3 rings (SSSR count). The molecule has 1 saturated carbocycles. The molecule has 0 radical (unpaired) electrons. The zero-order valence-electron chi connectivity index (χ0n) is 11.2. The normalized spacial score (nSPS) is 25.3. The Morgan fingerprint density at radius 1 is 1.39 bits per heavy atom. The van der Waals surface area contributed by atoms with E-state index < -0.39 is 0 Å². The Kier molecular flexibility index (Phi) is 3.08. The van der Waals surface area contributed by atoms with Crippen molar-refractivity contribution in [1.29, 1.82) is 0 Å². The minimum absolute atomic E-state index is 0.193. The molecule has 0 bridgehead atoms. The van der Waals surface area contributed by atoms with Crippen LogP contribution in [0, 0.1) is 0 Å². The monoisotopic (exact) mass is 247 g/mol. The van der Waals surface area contributed by atoms with Crippen LogP contribution in [0.3, 0.4) is 0 Å². The number of nitrogens with one attached hydrogen (secondary N) is 1. The van der Waals surface area contributed by atoms with E-state index in [9.17, 15) is 0 Å². The van der Waals surface area contributed by atoms with Crippen molar-refractivity contribution in [2.45, 2.75) is 50.2 Å². The van der Waals surface area contributed by atoms with E-state index in [4.69, 9.17) is 9.72 Å². The Morgan fingerprint density at radius 2 is 2.22 bits per heavy atom. The van der Waals surface area contributed by atoms with Gasteiger partial charge in [0.2, 0.25) is 0 Å². The van der Waals surface area contributed by atoms with Crippen LogP contribution in [0.2, 0.25) is 0 Å². The maximum atomic E-state index is 5.66. The summed E-state index contributed by atoms with van der Waals surface area (Å²) in [6.45, 7) is 0. The minimum Gasteiger partial charge on any atom is -0.370 e. The smallest absolute Gasteiger partial charge is 0.160 e. The average Bonchev–Trinajstić information content (AvgIpc) is 2.37. The molecule has 0 spiro atoms. The number of rotatable bonds is 3. The van der Waals surface area contributed by atoms with Gasteiger partial charge in [-0.3, -0.25) is 0 Å². The zero-order valence-corrected chi connectivity index (χ0v) is 11.2. The van der Waals surface area contributed by atoms with E-state index in [0.717, 1.165) is 25.1 Å². The van der Waals surface area contributed by atoms with Gasteiger partial charge in [0.15, 0.2) is 5.82 Å². The van der Waals surface area contributed by atoms with Crippen molar-refractivity contribution in [3.63, 3.8) is 0 Å². The summed E-state index contributed by atoms with van der Waals surface area (Å²) in [6, 6.07) is 0.419. The van der Waals surface area contributed by atoms with Crippen LogP contribution < -0.4 is 5.32 Å². The third kappa shape index (κ3) is 1.75. The minimum atomic E-state index is -0.193. The number of hydrogen-bond donors (Lipinski definition) is 1. The summed E-state index contributed by atoms with van der Waals surface area (Å²) in [5.41, 5.74) is 2.30. The third-order valence-electron chi connectivity index (χ3n) is 4.49. The van der Waals surface area contributed by atoms with E-state index in [0.29, 0.717) is 6.04 Å². The molecule has 1 fully saturated rings.